The number of aliphatic hydroxyl groups is 1. The van der Waals surface area contributed by atoms with Gasteiger partial charge in [-0.25, -0.2) is 0 Å². The van der Waals surface area contributed by atoms with Crippen LogP contribution >= 0.6 is 0 Å². The standard InChI is InChI=1S/C31H36F3NO6/c1-38-26-15-11-24(12-16-26)30(23-9-5-3-6-10-23,25-13-17-27(39-2)18-14-25)41-22-28(21-36)40-20-8-4-7-19-35-29(37)31(32,33)34/h3,5-6,9-18,28,36H,4,7-8,19-22H2,1-2H3,(H,35,37). The van der Waals surface area contributed by atoms with Crippen molar-refractivity contribution in [2.45, 2.75) is 37.1 Å². The number of ether oxygens (including phenoxy) is 4. The highest BCUT2D eigenvalue weighted by Gasteiger charge is 2.39. The molecule has 3 aromatic carbocycles. The van der Waals surface area contributed by atoms with Crippen LogP contribution in [-0.4, -0.2) is 63.9 Å². The smallest absolute Gasteiger partial charge is 0.471 e. The molecule has 0 saturated heterocycles. The largest absolute Gasteiger partial charge is 0.497 e. The van der Waals surface area contributed by atoms with E-state index in [9.17, 15) is 23.1 Å². The number of nitrogens with one attached hydrogen (secondary N) is 1. The number of unbranched alkanes of at least 4 members (excludes halogenated alkanes) is 2. The van der Waals surface area contributed by atoms with Crippen LogP contribution < -0.4 is 14.8 Å². The zero-order valence-corrected chi connectivity index (χ0v) is 23.2. The number of hydrogen-bond donors (Lipinski definition) is 2. The molecule has 0 aliphatic carbocycles. The topological polar surface area (TPSA) is 86.3 Å². The molecule has 0 aromatic heterocycles. The van der Waals surface area contributed by atoms with E-state index in [0.29, 0.717) is 30.8 Å². The Hall–Kier alpha value is -3.60. The summed E-state index contributed by atoms with van der Waals surface area (Å²) >= 11 is 0. The number of aliphatic hydroxyl groups excluding tert-OH is 1. The van der Waals surface area contributed by atoms with E-state index in [1.165, 1.54) is 0 Å². The molecule has 0 bridgehead atoms. The van der Waals surface area contributed by atoms with Crippen molar-refractivity contribution in [1.82, 2.24) is 5.32 Å². The summed E-state index contributed by atoms with van der Waals surface area (Å²) in [5, 5.41) is 11.9. The number of halogens is 3. The van der Waals surface area contributed by atoms with Crippen molar-refractivity contribution in [1.29, 1.82) is 0 Å². The van der Waals surface area contributed by atoms with Crippen molar-refractivity contribution in [2.24, 2.45) is 0 Å². The Morgan fingerprint density at radius 1 is 0.805 bits per heavy atom. The van der Waals surface area contributed by atoms with Gasteiger partial charge in [-0.15, -0.1) is 0 Å². The third-order valence-electron chi connectivity index (χ3n) is 6.58. The first-order valence-electron chi connectivity index (χ1n) is 13.3. The summed E-state index contributed by atoms with van der Waals surface area (Å²) in [5.74, 6) is -0.554. The van der Waals surface area contributed by atoms with E-state index in [-0.39, 0.29) is 26.4 Å². The predicted molar refractivity (Wildman–Crippen MR) is 148 cm³/mol. The van der Waals surface area contributed by atoms with E-state index in [1.807, 2.05) is 84.2 Å². The highest BCUT2D eigenvalue weighted by atomic mass is 19.4. The Morgan fingerprint density at radius 3 is 1.83 bits per heavy atom. The minimum atomic E-state index is -4.88. The molecule has 0 fully saturated rings. The number of hydrogen-bond acceptors (Lipinski definition) is 6. The van der Waals surface area contributed by atoms with Gasteiger partial charge >= 0.3 is 12.1 Å². The molecule has 0 radical (unpaired) electrons. The fraction of sp³-hybridized carbons (Fsp3) is 0.387. The summed E-state index contributed by atoms with van der Waals surface area (Å²) in [6.07, 6.45) is -4.08. The summed E-state index contributed by atoms with van der Waals surface area (Å²) in [6.45, 7) is -0.0533. The van der Waals surface area contributed by atoms with Crippen molar-refractivity contribution in [2.75, 3.05) is 40.6 Å². The molecule has 0 aliphatic heterocycles. The molecule has 0 heterocycles. The van der Waals surface area contributed by atoms with Crippen LogP contribution in [0.25, 0.3) is 0 Å². The molecule has 2 N–H and O–H groups in total. The second-order valence-electron chi connectivity index (χ2n) is 9.30. The van der Waals surface area contributed by atoms with E-state index in [2.05, 4.69) is 0 Å². The van der Waals surface area contributed by atoms with Crippen LogP contribution in [0.5, 0.6) is 11.5 Å². The van der Waals surface area contributed by atoms with Crippen molar-refractivity contribution >= 4 is 5.91 Å². The minimum absolute atomic E-state index is 0.0467. The number of carbonyl (C=O) groups excluding carboxylic acids is 1. The second kappa shape index (κ2) is 15.4. The van der Waals surface area contributed by atoms with Gasteiger partial charge in [0.2, 0.25) is 0 Å². The van der Waals surface area contributed by atoms with Crippen molar-refractivity contribution < 1.29 is 42.0 Å². The first-order valence-corrected chi connectivity index (χ1v) is 13.3. The van der Waals surface area contributed by atoms with Gasteiger partial charge in [0.15, 0.2) is 0 Å². The van der Waals surface area contributed by atoms with Crippen LogP contribution in [0.2, 0.25) is 0 Å². The SMILES string of the molecule is COc1ccc(C(OCC(CO)OCCCCCNC(=O)C(F)(F)F)(c2ccccc2)c2ccc(OC)cc2)cc1. The molecule has 41 heavy (non-hydrogen) atoms. The quantitative estimate of drug-likeness (QED) is 0.180. The molecule has 7 nitrogen and oxygen atoms in total. The third-order valence-corrected chi connectivity index (χ3v) is 6.58. The summed E-state index contributed by atoms with van der Waals surface area (Å²) in [4.78, 5) is 10.9. The molecule has 1 unspecified atom stereocenters. The van der Waals surface area contributed by atoms with E-state index in [1.54, 1.807) is 14.2 Å². The second-order valence-corrected chi connectivity index (χ2v) is 9.30. The first-order chi connectivity index (χ1) is 19.7. The average Bonchev–Trinajstić information content (AvgIpc) is 3.00. The molecule has 0 spiro atoms. The van der Waals surface area contributed by atoms with Gasteiger partial charge in [0.25, 0.3) is 0 Å². The normalized spacial score (nSPS) is 12.5. The summed E-state index contributed by atoms with van der Waals surface area (Å²) < 4.78 is 60.2. The molecular weight excluding hydrogens is 539 g/mol. The number of amides is 1. The van der Waals surface area contributed by atoms with E-state index in [0.717, 1.165) is 16.7 Å². The molecule has 0 aliphatic rings. The molecule has 10 heteroatoms. The zero-order valence-electron chi connectivity index (χ0n) is 23.2. The maximum absolute atomic E-state index is 12.3. The van der Waals surface area contributed by atoms with Crippen LogP contribution in [0.4, 0.5) is 13.2 Å². The van der Waals surface area contributed by atoms with Crippen LogP contribution in [0.15, 0.2) is 78.9 Å². The van der Waals surface area contributed by atoms with Gasteiger partial charge < -0.3 is 29.4 Å². The summed E-state index contributed by atoms with van der Waals surface area (Å²) in [6, 6.07) is 24.9. The molecular formula is C31H36F3NO6. The van der Waals surface area contributed by atoms with Crippen LogP contribution in [0.3, 0.4) is 0 Å². The van der Waals surface area contributed by atoms with Crippen LogP contribution in [0.1, 0.15) is 36.0 Å². The Bertz CT molecular complexity index is 1140. The van der Waals surface area contributed by atoms with E-state index >= 15 is 0 Å². The van der Waals surface area contributed by atoms with E-state index < -0.39 is 23.8 Å². The maximum Gasteiger partial charge on any atom is 0.471 e. The average molecular weight is 576 g/mol. The Morgan fingerprint density at radius 2 is 1.34 bits per heavy atom. The highest BCUT2D eigenvalue weighted by molar-refractivity contribution is 5.81. The Labute approximate surface area is 238 Å². The number of methoxy groups -OCH3 is 2. The van der Waals surface area contributed by atoms with Crippen molar-refractivity contribution in [3.63, 3.8) is 0 Å². The maximum atomic E-state index is 12.3. The minimum Gasteiger partial charge on any atom is -0.497 e. The molecule has 1 atom stereocenters. The summed E-state index contributed by atoms with van der Waals surface area (Å²) in [5.41, 5.74) is 1.49. The predicted octanol–water partition coefficient (Wildman–Crippen LogP) is 5.24. The number of rotatable bonds is 16. The molecule has 3 rings (SSSR count). The van der Waals surface area contributed by atoms with Crippen molar-refractivity contribution in [3.05, 3.63) is 95.6 Å². The first kappa shape index (κ1) is 31.9. The molecule has 222 valence electrons. The lowest BCUT2D eigenvalue weighted by Crippen LogP contribution is -2.37. The van der Waals surface area contributed by atoms with Crippen molar-refractivity contribution in [3.8, 4) is 11.5 Å². The van der Waals surface area contributed by atoms with E-state index in [4.69, 9.17) is 18.9 Å². The fourth-order valence-electron chi connectivity index (χ4n) is 4.40. The Balaban J connectivity index is 1.75. The lowest BCUT2D eigenvalue weighted by Gasteiger charge is -2.37. The molecule has 3 aromatic rings. The number of carbonyl (C=O) groups is 1. The lowest BCUT2D eigenvalue weighted by molar-refractivity contribution is -0.173. The highest BCUT2D eigenvalue weighted by Crippen LogP contribution is 2.41. The summed E-state index contributed by atoms with van der Waals surface area (Å²) in [7, 11) is 3.20. The van der Waals surface area contributed by atoms with Gasteiger partial charge in [0.1, 0.15) is 23.2 Å². The van der Waals surface area contributed by atoms with Gasteiger partial charge in [-0.1, -0.05) is 54.6 Å². The number of benzene rings is 3. The lowest BCUT2D eigenvalue weighted by atomic mass is 9.80. The Kier molecular flexibility index (Phi) is 12.0. The van der Waals surface area contributed by atoms with Crippen LogP contribution in [-0.2, 0) is 19.9 Å². The van der Waals surface area contributed by atoms with Gasteiger partial charge in [-0.3, -0.25) is 4.79 Å². The van der Waals surface area contributed by atoms with Gasteiger partial charge in [-0.05, 0) is 60.2 Å². The number of alkyl halides is 3. The zero-order chi connectivity index (χ0) is 29.7. The fourth-order valence-corrected chi connectivity index (χ4v) is 4.40. The third kappa shape index (κ3) is 8.69. The van der Waals surface area contributed by atoms with Gasteiger partial charge in [0, 0.05) is 13.2 Å². The monoisotopic (exact) mass is 575 g/mol. The van der Waals surface area contributed by atoms with Gasteiger partial charge in [0.05, 0.1) is 27.4 Å². The molecule has 0 saturated carbocycles. The van der Waals surface area contributed by atoms with Gasteiger partial charge in [-0.2, -0.15) is 13.2 Å². The van der Waals surface area contributed by atoms with Crippen LogP contribution in [0, 0.1) is 0 Å². The molecule has 1 amide bonds.